The Hall–Kier alpha value is -4.72. The second kappa shape index (κ2) is 14.2. The van der Waals surface area contributed by atoms with E-state index in [4.69, 9.17) is 0 Å². The predicted octanol–water partition coefficient (Wildman–Crippen LogP) is 7.82. The molecule has 0 aromatic heterocycles. The fourth-order valence-electron chi connectivity index (χ4n) is 7.23. The zero-order valence-corrected chi connectivity index (χ0v) is 28.4. The summed E-state index contributed by atoms with van der Waals surface area (Å²) in [5, 5.41) is 91.6. The molecular formula is C40H48O8. The second-order valence-corrected chi connectivity index (χ2v) is 13.2. The maximum absolute atomic E-state index is 11.4. The van der Waals surface area contributed by atoms with Gasteiger partial charge >= 0.3 is 0 Å². The van der Waals surface area contributed by atoms with E-state index in [1.807, 2.05) is 27.7 Å². The van der Waals surface area contributed by atoms with Crippen molar-refractivity contribution in [2.45, 2.75) is 105 Å². The standard InChI is InChI=1S/C40H48O8/c1-5-9-29-33(41)21-13-22(34(29)42)18-24-15-26(38(46)31(11-7-3)36(24)44)20-28-16-27(39(47)32(12-8-4)40(28)48)19-25-14-23(17-21)35(43)30(10-6-2)37(25)45/h13-16,41-48H,5-12,17-20H2,1-4H3. The number of phenols is 8. The van der Waals surface area contributed by atoms with E-state index in [2.05, 4.69) is 0 Å². The lowest BCUT2D eigenvalue weighted by Crippen LogP contribution is -2.05. The molecule has 256 valence electrons. The number of hydrogen-bond acceptors (Lipinski definition) is 8. The molecule has 5 rings (SSSR count). The fourth-order valence-corrected chi connectivity index (χ4v) is 7.23. The van der Waals surface area contributed by atoms with Crippen molar-refractivity contribution < 1.29 is 40.9 Å². The van der Waals surface area contributed by atoms with E-state index in [0.717, 1.165) is 0 Å². The molecule has 1 aliphatic carbocycles. The molecule has 0 unspecified atom stereocenters. The molecule has 0 fully saturated rings. The van der Waals surface area contributed by atoms with Gasteiger partial charge in [0.15, 0.2) is 0 Å². The van der Waals surface area contributed by atoms with E-state index in [9.17, 15) is 40.9 Å². The lowest BCUT2D eigenvalue weighted by atomic mass is 9.86. The molecule has 1 aliphatic rings. The highest BCUT2D eigenvalue weighted by Gasteiger charge is 2.26. The van der Waals surface area contributed by atoms with E-state index < -0.39 is 0 Å². The van der Waals surface area contributed by atoms with Gasteiger partial charge in [-0.25, -0.2) is 0 Å². The zero-order valence-electron chi connectivity index (χ0n) is 28.4. The third-order valence-electron chi connectivity index (χ3n) is 9.64. The summed E-state index contributed by atoms with van der Waals surface area (Å²) in [4.78, 5) is 0. The average molecular weight is 657 g/mol. The summed E-state index contributed by atoms with van der Waals surface area (Å²) >= 11 is 0. The van der Waals surface area contributed by atoms with E-state index >= 15 is 0 Å². The highest BCUT2D eigenvalue weighted by Crippen LogP contribution is 2.46. The first-order valence-electron chi connectivity index (χ1n) is 17.2. The van der Waals surface area contributed by atoms with Crippen molar-refractivity contribution in [3.05, 3.63) is 91.0 Å². The highest BCUT2D eigenvalue weighted by atomic mass is 16.3. The summed E-state index contributed by atoms with van der Waals surface area (Å²) in [6.45, 7) is 7.78. The van der Waals surface area contributed by atoms with Gasteiger partial charge in [0, 0.05) is 47.9 Å². The molecule has 0 radical (unpaired) electrons. The maximum atomic E-state index is 11.4. The van der Waals surface area contributed by atoms with Crippen molar-refractivity contribution in [2.24, 2.45) is 0 Å². The number of aromatic hydroxyl groups is 8. The van der Waals surface area contributed by atoms with Gasteiger partial charge in [0.05, 0.1) is 0 Å². The first kappa shape index (κ1) is 34.6. The van der Waals surface area contributed by atoms with Crippen LogP contribution in [0.2, 0.25) is 0 Å². The Morgan fingerprint density at radius 1 is 0.312 bits per heavy atom. The Kier molecular flexibility index (Phi) is 10.2. The average Bonchev–Trinajstić information content (AvgIpc) is 3.05. The van der Waals surface area contributed by atoms with Crippen LogP contribution in [0.1, 0.15) is 120 Å². The molecule has 0 heterocycles. The topological polar surface area (TPSA) is 162 Å². The SMILES string of the molecule is CCCc1c(O)c2cc(c1O)Cc1cc(c(O)c(CCC)c1O)Cc1cc(c(O)c(CCC)c1O)Cc1cc(c(O)c(CCC)c1O)C2. The molecule has 0 saturated heterocycles. The Balaban J connectivity index is 1.87. The summed E-state index contributed by atoms with van der Waals surface area (Å²) < 4.78 is 0. The van der Waals surface area contributed by atoms with Crippen LogP contribution >= 0.6 is 0 Å². The number of benzene rings is 4. The Morgan fingerprint density at radius 3 is 0.583 bits per heavy atom. The molecule has 0 aliphatic heterocycles. The Morgan fingerprint density at radius 2 is 0.458 bits per heavy atom. The van der Waals surface area contributed by atoms with Crippen LogP contribution in [0.3, 0.4) is 0 Å². The van der Waals surface area contributed by atoms with Gasteiger partial charge in [0.25, 0.3) is 0 Å². The molecule has 0 amide bonds. The molecule has 4 aromatic carbocycles. The van der Waals surface area contributed by atoms with Crippen LogP contribution in [0.4, 0.5) is 0 Å². The molecule has 8 bridgehead atoms. The third-order valence-corrected chi connectivity index (χ3v) is 9.64. The smallest absolute Gasteiger partial charge is 0.126 e. The summed E-state index contributed by atoms with van der Waals surface area (Å²) in [7, 11) is 0. The molecular weight excluding hydrogens is 608 g/mol. The van der Waals surface area contributed by atoms with Crippen LogP contribution in [-0.2, 0) is 51.4 Å². The number of rotatable bonds is 8. The molecule has 8 nitrogen and oxygen atoms in total. The molecule has 48 heavy (non-hydrogen) atoms. The summed E-state index contributed by atoms with van der Waals surface area (Å²) in [5.74, 6) is -0.573. The molecule has 0 atom stereocenters. The summed E-state index contributed by atoms with van der Waals surface area (Å²) in [6, 6.07) is 6.74. The monoisotopic (exact) mass is 656 g/mol. The lowest BCUT2D eigenvalue weighted by molar-refractivity contribution is 0.423. The van der Waals surface area contributed by atoms with Gasteiger partial charge in [-0.2, -0.15) is 0 Å². The van der Waals surface area contributed by atoms with Gasteiger partial charge < -0.3 is 40.9 Å². The van der Waals surface area contributed by atoms with Gasteiger partial charge in [-0.05, 0) is 94.5 Å². The van der Waals surface area contributed by atoms with Crippen molar-refractivity contribution in [1.29, 1.82) is 0 Å². The first-order chi connectivity index (χ1) is 22.9. The molecule has 0 saturated carbocycles. The van der Waals surface area contributed by atoms with E-state index in [1.165, 1.54) is 0 Å². The number of fused-ring (bicyclic) bond motifs is 8. The lowest BCUT2D eigenvalue weighted by Gasteiger charge is -2.22. The first-order valence-corrected chi connectivity index (χ1v) is 17.2. The minimum Gasteiger partial charge on any atom is -0.507 e. The number of hydrogen-bond donors (Lipinski definition) is 8. The van der Waals surface area contributed by atoms with Crippen LogP contribution in [0.25, 0.3) is 0 Å². The van der Waals surface area contributed by atoms with Crippen LogP contribution in [-0.4, -0.2) is 40.9 Å². The summed E-state index contributed by atoms with van der Waals surface area (Å²) in [5.41, 5.74) is 5.27. The van der Waals surface area contributed by atoms with Crippen molar-refractivity contribution in [2.75, 3.05) is 0 Å². The van der Waals surface area contributed by atoms with Crippen molar-refractivity contribution in [3.63, 3.8) is 0 Å². The van der Waals surface area contributed by atoms with Crippen molar-refractivity contribution in [3.8, 4) is 46.0 Å². The molecule has 4 aromatic rings. The quantitative estimate of drug-likeness (QED) is 0.0839. The van der Waals surface area contributed by atoms with Gasteiger partial charge in [-0.1, -0.05) is 53.4 Å². The van der Waals surface area contributed by atoms with Gasteiger partial charge in [0.1, 0.15) is 46.0 Å². The Labute approximate surface area is 282 Å². The minimum atomic E-state index is -0.0717. The van der Waals surface area contributed by atoms with Gasteiger partial charge in [0.2, 0.25) is 0 Å². The number of phenolic OH excluding ortho intramolecular Hbond substituents is 8. The second-order valence-electron chi connectivity index (χ2n) is 13.2. The fraction of sp³-hybridized carbons (Fsp3) is 0.400. The van der Waals surface area contributed by atoms with E-state index in [-0.39, 0.29) is 71.7 Å². The largest absolute Gasteiger partial charge is 0.507 e. The van der Waals surface area contributed by atoms with Crippen LogP contribution in [0, 0.1) is 0 Å². The van der Waals surface area contributed by atoms with Crippen LogP contribution < -0.4 is 0 Å². The molecule has 8 heteroatoms. The van der Waals surface area contributed by atoms with E-state index in [0.29, 0.717) is 118 Å². The summed E-state index contributed by atoms with van der Waals surface area (Å²) in [6.07, 6.45) is 4.56. The molecule has 0 spiro atoms. The van der Waals surface area contributed by atoms with Gasteiger partial charge in [-0.15, -0.1) is 0 Å². The van der Waals surface area contributed by atoms with Crippen molar-refractivity contribution >= 4 is 0 Å². The van der Waals surface area contributed by atoms with E-state index in [1.54, 1.807) is 24.3 Å². The minimum absolute atomic E-state index is 0.0717. The maximum Gasteiger partial charge on any atom is 0.126 e. The Bertz CT molecular complexity index is 1480. The van der Waals surface area contributed by atoms with Crippen molar-refractivity contribution in [1.82, 2.24) is 0 Å². The van der Waals surface area contributed by atoms with Crippen LogP contribution in [0.15, 0.2) is 24.3 Å². The van der Waals surface area contributed by atoms with Crippen LogP contribution in [0.5, 0.6) is 46.0 Å². The molecule has 8 N–H and O–H groups in total. The van der Waals surface area contributed by atoms with Gasteiger partial charge in [-0.3, -0.25) is 0 Å². The zero-order chi connectivity index (χ0) is 34.9. The third kappa shape index (κ3) is 6.28. The highest BCUT2D eigenvalue weighted by molar-refractivity contribution is 5.64. The normalized spacial score (nSPS) is 12.8. The predicted molar refractivity (Wildman–Crippen MR) is 186 cm³/mol.